The van der Waals surface area contributed by atoms with Crippen LogP contribution < -0.4 is 0 Å². The number of amidine groups is 1. The molecule has 0 radical (unpaired) electrons. The third-order valence-electron chi connectivity index (χ3n) is 3.49. The fourth-order valence-corrected chi connectivity index (χ4v) is 2.74. The van der Waals surface area contributed by atoms with Crippen LogP contribution in [0.5, 0.6) is 0 Å². The Bertz CT molecular complexity index is 558. The van der Waals surface area contributed by atoms with E-state index in [0.717, 1.165) is 43.9 Å². The predicted molar refractivity (Wildman–Crippen MR) is 99.5 cm³/mol. The zero-order valence-corrected chi connectivity index (χ0v) is 14.4. The molecule has 0 atom stereocenters. The maximum Gasteiger partial charge on any atom is 0.673 e. The molecule has 1 aliphatic heterocycles. The number of hydrogen-bond acceptors (Lipinski definition) is 1. The molecular weight excluding hydrogens is 331 g/mol. The van der Waals surface area contributed by atoms with E-state index in [1.807, 2.05) is 30.4 Å². The fourth-order valence-electron chi connectivity index (χ4n) is 2.74. The molecule has 0 spiro atoms. The summed E-state index contributed by atoms with van der Waals surface area (Å²) in [5, 5.41) is 0. The molecule has 2 nitrogen and oxygen atoms in total. The van der Waals surface area contributed by atoms with Crippen molar-refractivity contribution in [2.24, 2.45) is 4.99 Å². The Hall–Kier alpha value is -2.15. The molecule has 0 aliphatic carbocycles. The highest BCUT2D eigenvalue weighted by Crippen LogP contribution is 2.35. The molecule has 1 aliphatic rings. The van der Waals surface area contributed by atoms with E-state index in [9.17, 15) is 17.3 Å². The van der Waals surface area contributed by atoms with Crippen LogP contribution >= 0.6 is 0 Å². The van der Waals surface area contributed by atoms with Crippen molar-refractivity contribution in [1.29, 1.82) is 0 Å². The first-order chi connectivity index (χ1) is 11.7. The van der Waals surface area contributed by atoms with Gasteiger partial charge in [0.25, 0.3) is 0 Å². The normalized spacial score (nSPS) is 15.6. The summed E-state index contributed by atoms with van der Waals surface area (Å²) in [5.74, 6) is 1.11. The van der Waals surface area contributed by atoms with Gasteiger partial charge < -0.3 is 17.3 Å². The highest BCUT2D eigenvalue weighted by molar-refractivity contribution is 6.50. The van der Waals surface area contributed by atoms with Crippen molar-refractivity contribution in [3.63, 3.8) is 0 Å². The zero-order chi connectivity index (χ0) is 19.5. The molecule has 0 amide bonds. The summed E-state index contributed by atoms with van der Waals surface area (Å²) in [6.45, 7) is 21.0. The van der Waals surface area contributed by atoms with E-state index < -0.39 is 7.25 Å². The number of rotatable bonds is 10. The van der Waals surface area contributed by atoms with Crippen LogP contribution in [0.1, 0.15) is 19.3 Å². The van der Waals surface area contributed by atoms with Crippen molar-refractivity contribution < 1.29 is 21.7 Å². The molecule has 0 unspecified atom stereocenters. The molecule has 0 aromatic rings. The number of aliphatic imine (C=N–C) groups is 1. The SMILES string of the molecule is C=CCC1=NC(CC=C)=C(CC=C)[N+]1(CC=C)CC=C.F[B-](F)(F)F. The maximum absolute atomic E-state index is 9.75. The van der Waals surface area contributed by atoms with Crippen molar-refractivity contribution in [3.05, 3.63) is 74.7 Å². The maximum atomic E-state index is 9.75. The highest BCUT2D eigenvalue weighted by atomic mass is 19.5. The fraction of sp³-hybridized carbons (Fsp3) is 0.278. The number of hydrogen-bond donors (Lipinski definition) is 0. The van der Waals surface area contributed by atoms with Crippen LogP contribution in [0.3, 0.4) is 0 Å². The molecule has 0 saturated heterocycles. The first-order valence-corrected chi connectivity index (χ1v) is 7.79. The molecule has 0 saturated carbocycles. The average Bonchev–Trinajstić information content (AvgIpc) is 2.74. The summed E-state index contributed by atoms with van der Waals surface area (Å²) in [5.41, 5.74) is 2.37. The van der Waals surface area contributed by atoms with Crippen LogP contribution in [-0.2, 0) is 0 Å². The van der Waals surface area contributed by atoms with E-state index in [4.69, 9.17) is 4.99 Å². The van der Waals surface area contributed by atoms with E-state index >= 15 is 0 Å². The molecule has 0 bridgehead atoms. The van der Waals surface area contributed by atoms with Gasteiger partial charge in [0.2, 0.25) is 5.84 Å². The molecule has 0 fully saturated rings. The molecule has 1 heterocycles. The van der Waals surface area contributed by atoms with Crippen LogP contribution in [0.15, 0.2) is 79.7 Å². The Labute approximate surface area is 147 Å². The molecule has 0 aromatic carbocycles. The Morgan fingerprint density at radius 3 is 1.56 bits per heavy atom. The van der Waals surface area contributed by atoms with Crippen molar-refractivity contribution in [2.75, 3.05) is 13.1 Å². The lowest BCUT2D eigenvalue weighted by molar-refractivity contribution is -0.789. The quantitative estimate of drug-likeness (QED) is 0.202. The molecule has 138 valence electrons. The lowest BCUT2D eigenvalue weighted by atomic mass is 10.1. The standard InChI is InChI=1S/C18H25N2.BF4/c1-6-11-16-17(12-7-2)20(14-9-4,15-10-5)18(19-16)13-8-3;2-1(3,4)5/h6-10H,1-5,11-15H2;/q+1;-1. The van der Waals surface area contributed by atoms with Crippen LogP contribution in [0, 0.1) is 0 Å². The van der Waals surface area contributed by atoms with Crippen molar-refractivity contribution in [3.8, 4) is 0 Å². The van der Waals surface area contributed by atoms with Crippen LogP contribution in [0.4, 0.5) is 17.3 Å². The number of allylic oxidation sites excluding steroid dienone is 2. The summed E-state index contributed by atoms with van der Waals surface area (Å²) in [6.07, 6.45) is 12.0. The molecule has 0 N–H and O–H groups in total. The van der Waals surface area contributed by atoms with Crippen LogP contribution in [0.25, 0.3) is 0 Å². The summed E-state index contributed by atoms with van der Waals surface area (Å²) in [4.78, 5) is 4.84. The van der Waals surface area contributed by atoms with Gasteiger partial charge in [-0.15, -0.1) is 19.7 Å². The Kier molecular flexibility index (Phi) is 9.75. The van der Waals surface area contributed by atoms with E-state index in [1.54, 1.807) is 0 Å². The highest BCUT2D eigenvalue weighted by Gasteiger charge is 2.42. The summed E-state index contributed by atoms with van der Waals surface area (Å²) in [7, 11) is -6.00. The minimum absolute atomic E-state index is 0.689. The van der Waals surface area contributed by atoms with Gasteiger partial charge in [-0.05, 0) is 12.2 Å². The number of quaternary nitrogens is 1. The number of halogens is 4. The monoisotopic (exact) mass is 356 g/mol. The van der Waals surface area contributed by atoms with Crippen molar-refractivity contribution >= 4 is 13.1 Å². The molecule has 7 heteroatoms. The van der Waals surface area contributed by atoms with E-state index in [2.05, 4.69) is 32.9 Å². The molecular formula is C18H25BF4N2. The third kappa shape index (κ3) is 7.09. The molecule has 25 heavy (non-hydrogen) atoms. The van der Waals surface area contributed by atoms with Crippen LogP contribution in [0.2, 0.25) is 0 Å². The number of nitrogens with zero attached hydrogens (tertiary/aromatic N) is 2. The second kappa shape index (κ2) is 10.7. The smallest absolute Gasteiger partial charge is 0.418 e. The molecule has 1 rings (SSSR count). The van der Waals surface area contributed by atoms with Gasteiger partial charge in [0, 0.05) is 12.8 Å². The second-order valence-corrected chi connectivity index (χ2v) is 5.31. The Morgan fingerprint density at radius 2 is 1.20 bits per heavy atom. The lowest BCUT2D eigenvalue weighted by Crippen LogP contribution is -2.50. The van der Waals surface area contributed by atoms with Crippen molar-refractivity contribution in [2.45, 2.75) is 19.3 Å². The van der Waals surface area contributed by atoms with E-state index in [-0.39, 0.29) is 0 Å². The van der Waals surface area contributed by atoms with Crippen molar-refractivity contribution in [1.82, 2.24) is 0 Å². The third-order valence-corrected chi connectivity index (χ3v) is 3.49. The van der Waals surface area contributed by atoms with E-state index in [1.165, 1.54) is 5.70 Å². The first kappa shape index (κ1) is 22.9. The van der Waals surface area contributed by atoms with Gasteiger partial charge in [0.1, 0.15) is 24.5 Å². The summed E-state index contributed by atoms with van der Waals surface area (Å²) >= 11 is 0. The van der Waals surface area contributed by atoms with Gasteiger partial charge in [-0.25, -0.2) is 4.48 Å². The predicted octanol–water partition coefficient (Wildman–Crippen LogP) is 5.83. The Morgan fingerprint density at radius 1 is 0.760 bits per heavy atom. The summed E-state index contributed by atoms with van der Waals surface area (Å²) in [6, 6.07) is 0. The first-order valence-electron chi connectivity index (χ1n) is 7.79. The molecule has 0 aromatic heterocycles. The zero-order valence-electron chi connectivity index (χ0n) is 14.4. The van der Waals surface area contributed by atoms with Gasteiger partial charge in [0.15, 0.2) is 0 Å². The van der Waals surface area contributed by atoms with Gasteiger partial charge in [0.05, 0.1) is 6.42 Å². The minimum atomic E-state index is -6.00. The minimum Gasteiger partial charge on any atom is -0.418 e. The van der Waals surface area contributed by atoms with Gasteiger partial charge in [-0.2, -0.15) is 4.99 Å². The van der Waals surface area contributed by atoms with E-state index in [0.29, 0.717) is 4.48 Å². The largest absolute Gasteiger partial charge is 0.673 e. The summed E-state index contributed by atoms with van der Waals surface area (Å²) < 4.78 is 39.7. The van der Waals surface area contributed by atoms with Gasteiger partial charge in [-0.1, -0.05) is 31.4 Å². The van der Waals surface area contributed by atoms with Gasteiger partial charge in [-0.3, -0.25) is 0 Å². The Balaban J connectivity index is 0.00000101. The topological polar surface area (TPSA) is 12.4 Å². The second-order valence-electron chi connectivity index (χ2n) is 5.31. The van der Waals surface area contributed by atoms with Crippen LogP contribution in [-0.4, -0.2) is 30.7 Å². The van der Waals surface area contributed by atoms with Gasteiger partial charge >= 0.3 is 7.25 Å². The average molecular weight is 356 g/mol. The lowest BCUT2D eigenvalue weighted by Gasteiger charge is -2.34.